The van der Waals surface area contributed by atoms with Gasteiger partial charge in [0.2, 0.25) is 0 Å². The maximum Gasteiger partial charge on any atom is 0.135 e. The maximum absolute atomic E-state index is 14.3. The van der Waals surface area contributed by atoms with Crippen molar-refractivity contribution in [2.24, 2.45) is 5.41 Å². The molecule has 5 rings (SSSR count). The largest absolute Gasteiger partial charge is 0.224 e. The summed E-state index contributed by atoms with van der Waals surface area (Å²) in [5.41, 5.74) is 2.03. The van der Waals surface area contributed by atoms with E-state index in [0.29, 0.717) is 10.3 Å². The van der Waals surface area contributed by atoms with E-state index >= 15 is 0 Å². The molecule has 3 aromatic rings. The van der Waals surface area contributed by atoms with Crippen molar-refractivity contribution in [3.8, 4) is 11.3 Å². The summed E-state index contributed by atoms with van der Waals surface area (Å²) in [7, 11) is 0. The number of pyridine rings is 1. The van der Waals surface area contributed by atoms with Gasteiger partial charge in [-0.25, -0.2) is 13.8 Å². The van der Waals surface area contributed by atoms with Crippen LogP contribution in [0.4, 0.5) is 8.78 Å². The molecule has 0 aliphatic heterocycles. The minimum absolute atomic E-state index is 0.149. The van der Waals surface area contributed by atoms with Crippen molar-refractivity contribution in [3.63, 3.8) is 0 Å². The summed E-state index contributed by atoms with van der Waals surface area (Å²) in [5, 5.41) is 9.41. The number of halogens is 4. The lowest BCUT2D eigenvalue weighted by Gasteiger charge is -2.38. The zero-order valence-electron chi connectivity index (χ0n) is 15.8. The molecule has 29 heavy (non-hydrogen) atoms. The third-order valence-corrected chi connectivity index (χ3v) is 7.37. The average molecular weight is 432 g/mol. The molecule has 0 radical (unpaired) electrons. The number of nitrogens with zero attached hydrogens (tertiary/aromatic N) is 3. The van der Waals surface area contributed by atoms with Crippen LogP contribution in [0.3, 0.4) is 0 Å². The quantitative estimate of drug-likeness (QED) is 0.445. The molecule has 2 atom stereocenters. The Balaban J connectivity index is 1.75. The minimum Gasteiger partial charge on any atom is -0.224 e. The summed E-state index contributed by atoms with van der Waals surface area (Å²) < 4.78 is 28.6. The molecular weight excluding hydrogens is 415 g/mol. The van der Waals surface area contributed by atoms with Crippen LogP contribution in [0.1, 0.15) is 49.4 Å². The van der Waals surface area contributed by atoms with Gasteiger partial charge in [-0.2, -0.15) is 5.10 Å². The first-order valence-electron chi connectivity index (χ1n) is 9.42. The van der Waals surface area contributed by atoms with Crippen molar-refractivity contribution in [2.45, 2.75) is 38.0 Å². The highest BCUT2D eigenvalue weighted by Crippen LogP contribution is 2.70. The van der Waals surface area contributed by atoms with Gasteiger partial charge in [0.1, 0.15) is 21.9 Å². The van der Waals surface area contributed by atoms with Gasteiger partial charge in [0.25, 0.3) is 0 Å². The van der Waals surface area contributed by atoms with E-state index in [0.717, 1.165) is 29.7 Å². The third-order valence-electron chi connectivity index (χ3n) is 6.88. The predicted molar refractivity (Wildman–Crippen MR) is 108 cm³/mol. The molecule has 0 amide bonds. The van der Waals surface area contributed by atoms with Crippen molar-refractivity contribution in [1.82, 2.24) is 15.2 Å². The SMILES string of the molecule is CC1(C)[C@H]2CC[C@]1(c1ccc(Cl)nc1Cl)c1nnc(-c3c(F)cccc3F)cc12. The van der Waals surface area contributed by atoms with Crippen molar-refractivity contribution in [1.29, 1.82) is 0 Å². The zero-order valence-corrected chi connectivity index (χ0v) is 17.3. The predicted octanol–water partition coefficient (Wildman–Crippen LogP) is 6.33. The van der Waals surface area contributed by atoms with E-state index in [9.17, 15) is 8.78 Å². The number of fused-ring (bicyclic) bond motifs is 5. The first kappa shape index (κ1) is 18.9. The van der Waals surface area contributed by atoms with Gasteiger partial charge in [0.15, 0.2) is 0 Å². The number of hydrogen-bond donors (Lipinski definition) is 0. The van der Waals surface area contributed by atoms with Gasteiger partial charge in [0.05, 0.1) is 17.0 Å². The lowest BCUT2D eigenvalue weighted by atomic mass is 9.65. The highest BCUT2D eigenvalue weighted by Gasteiger charge is 2.64. The molecule has 1 saturated carbocycles. The first-order valence-corrected chi connectivity index (χ1v) is 10.2. The molecule has 3 nitrogen and oxygen atoms in total. The molecule has 148 valence electrons. The summed E-state index contributed by atoms with van der Waals surface area (Å²) in [6.07, 6.45) is 1.77. The second-order valence-corrected chi connectivity index (χ2v) is 9.07. The van der Waals surface area contributed by atoms with Gasteiger partial charge in [0, 0.05) is 11.0 Å². The molecule has 1 fully saturated rings. The number of aromatic nitrogens is 3. The summed E-state index contributed by atoms with van der Waals surface area (Å²) in [6.45, 7) is 4.36. The Bertz CT molecular complexity index is 1140. The number of hydrogen-bond acceptors (Lipinski definition) is 3. The summed E-state index contributed by atoms with van der Waals surface area (Å²) in [6, 6.07) is 9.21. The van der Waals surface area contributed by atoms with Gasteiger partial charge < -0.3 is 0 Å². The van der Waals surface area contributed by atoms with E-state index in [-0.39, 0.29) is 22.6 Å². The third kappa shape index (κ3) is 2.37. The molecule has 2 aromatic heterocycles. The Morgan fingerprint density at radius 3 is 2.45 bits per heavy atom. The molecule has 0 unspecified atom stereocenters. The highest BCUT2D eigenvalue weighted by atomic mass is 35.5. The van der Waals surface area contributed by atoms with E-state index in [1.165, 1.54) is 18.2 Å². The van der Waals surface area contributed by atoms with E-state index in [2.05, 4.69) is 29.0 Å². The Labute approximate surface area is 177 Å². The fraction of sp³-hybridized carbons (Fsp3) is 0.318. The van der Waals surface area contributed by atoms with Crippen molar-refractivity contribution in [2.75, 3.05) is 0 Å². The normalized spacial score (nSPS) is 24.0. The Hall–Kier alpha value is -2.11. The summed E-state index contributed by atoms with van der Waals surface area (Å²) in [5.74, 6) is -1.13. The molecule has 2 bridgehead atoms. The monoisotopic (exact) mass is 431 g/mol. The molecule has 0 N–H and O–H groups in total. The molecule has 2 aliphatic rings. The Kier molecular flexibility index (Phi) is 4.03. The van der Waals surface area contributed by atoms with E-state index < -0.39 is 17.0 Å². The fourth-order valence-electron chi connectivity index (χ4n) is 5.52. The fourth-order valence-corrected chi connectivity index (χ4v) is 6.02. The van der Waals surface area contributed by atoms with Crippen molar-refractivity contribution in [3.05, 3.63) is 75.2 Å². The number of benzene rings is 1. The van der Waals surface area contributed by atoms with Crippen LogP contribution in [0.2, 0.25) is 10.3 Å². The maximum atomic E-state index is 14.3. The molecule has 7 heteroatoms. The molecule has 2 heterocycles. The molecular formula is C22H17Cl2F2N3. The van der Waals surface area contributed by atoms with Crippen LogP contribution in [-0.4, -0.2) is 15.2 Å². The smallest absolute Gasteiger partial charge is 0.135 e. The average Bonchev–Trinajstić information content (AvgIpc) is 3.03. The molecule has 1 aromatic carbocycles. The lowest BCUT2D eigenvalue weighted by molar-refractivity contribution is 0.247. The summed E-state index contributed by atoms with van der Waals surface area (Å²) in [4.78, 5) is 4.24. The van der Waals surface area contributed by atoms with Crippen LogP contribution in [0.15, 0.2) is 36.4 Å². The van der Waals surface area contributed by atoms with Gasteiger partial charge in [-0.05, 0) is 54.0 Å². The van der Waals surface area contributed by atoms with Gasteiger partial charge in [-0.3, -0.25) is 0 Å². The second kappa shape index (κ2) is 6.19. The van der Waals surface area contributed by atoms with Crippen LogP contribution < -0.4 is 0 Å². The minimum atomic E-state index is -0.652. The van der Waals surface area contributed by atoms with Crippen LogP contribution >= 0.6 is 23.2 Å². The Morgan fingerprint density at radius 1 is 1.03 bits per heavy atom. The highest BCUT2D eigenvalue weighted by molar-refractivity contribution is 6.33. The van der Waals surface area contributed by atoms with E-state index in [1.54, 1.807) is 12.1 Å². The van der Waals surface area contributed by atoms with Crippen LogP contribution in [0.25, 0.3) is 11.3 Å². The van der Waals surface area contributed by atoms with Crippen molar-refractivity contribution < 1.29 is 8.78 Å². The van der Waals surface area contributed by atoms with Crippen LogP contribution in [-0.2, 0) is 5.41 Å². The van der Waals surface area contributed by atoms with Crippen LogP contribution in [0, 0.1) is 17.0 Å². The Morgan fingerprint density at radius 2 is 1.76 bits per heavy atom. The standard InChI is InChI=1S/C22H17Cl2F2N3/c1-21(2)12-8-9-22(21,13-6-7-17(23)27-20(13)24)19-11(12)10-16(28-29-19)18-14(25)4-3-5-15(18)26/h3-7,10,12H,8-9H2,1-2H3/t12-,22-/m0/s1. The molecule has 0 spiro atoms. The summed E-state index contributed by atoms with van der Waals surface area (Å²) >= 11 is 12.5. The topological polar surface area (TPSA) is 38.7 Å². The second-order valence-electron chi connectivity index (χ2n) is 8.32. The lowest BCUT2D eigenvalue weighted by Crippen LogP contribution is -2.37. The van der Waals surface area contributed by atoms with Crippen LogP contribution in [0.5, 0.6) is 0 Å². The van der Waals surface area contributed by atoms with E-state index in [1.807, 2.05) is 6.07 Å². The van der Waals surface area contributed by atoms with E-state index in [4.69, 9.17) is 23.2 Å². The van der Waals surface area contributed by atoms with Gasteiger partial charge in [-0.15, -0.1) is 5.10 Å². The molecule has 0 saturated heterocycles. The van der Waals surface area contributed by atoms with Gasteiger partial charge in [-0.1, -0.05) is 49.2 Å². The molecule has 2 aliphatic carbocycles. The van der Waals surface area contributed by atoms with Gasteiger partial charge >= 0.3 is 0 Å². The zero-order chi connectivity index (χ0) is 20.6. The van der Waals surface area contributed by atoms with Crippen molar-refractivity contribution >= 4 is 23.2 Å². The first-order chi connectivity index (χ1) is 13.8. The number of rotatable bonds is 2.